The van der Waals surface area contributed by atoms with Crippen LogP contribution in [0.5, 0.6) is 0 Å². The minimum absolute atomic E-state index is 0.609. The van der Waals surface area contributed by atoms with E-state index in [-0.39, 0.29) is 0 Å². The van der Waals surface area contributed by atoms with E-state index >= 15 is 0 Å². The number of aryl methyl sites for hydroxylation is 1. The summed E-state index contributed by atoms with van der Waals surface area (Å²) in [4.78, 5) is 0. The maximum atomic E-state index is 4.68. The van der Waals surface area contributed by atoms with Gasteiger partial charge in [-0.3, -0.25) is 9.36 Å². The SMILES string of the molecule is Cn1ccc(NCc2ccn(C3CCCCC3)n2)n1. The second-order valence-electron chi connectivity index (χ2n) is 5.31. The predicted octanol–water partition coefficient (Wildman–Crippen LogP) is 2.73. The Labute approximate surface area is 113 Å². The van der Waals surface area contributed by atoms with Crippen LogP contribution in [0.2, 0.25) is 0 Å². The van der Waals surface area contributed by atoms with Crippen LogP contribution >= 0.6 is 0 Å². The smallest absolute Gasteiger partial charge is 0.148 e. The van der Waals surface area contributed by atoms with Crippen LogP contribution in [0.15, 0.2) is 24.5 Å². The first-order valence-electron chi connectivity index (χ1n) is 7.09. The Morgan fingerprint density at radius 3 is 2.74 bits per heavy atom. The van der Waals surface area contributed by atoms with Crippen molar-refractivity contribution in [2.75, 3.05) is 5.32 Å². The number of aromatic nitrogens is 4. The van der Waals surface area contributed by atoms with Gasteiger partial charge in [-0.25, -0.2) is 0 Å². The second-order valence-corrected chi connectivity index (χ2v) is 5.31. The Bertz CT molecular complexity index is 521. The van der Waals surface area contributed by atoms with Gasteiger partial charge in [0.2, 0.25) is 0 Å². The molecule has 1 saturated carbocycles. The molecule has 1 aliphatic rings. The first-order valence-corrected chi connectivity index (χ1v) is 7.09. The van der Waals surface area contributed by atoms with Crippen LogP contribution in [0.1, 0.15) is 43.8 Å². The van der Waals surface area contributed by atoms with Gasteiger partial charge in [0.15, 0.2) is 0 Å². The van der Waals surface area contributed by atoms with Crippen molar-refractivity contribution in [3.8, 4) is 0 Å². The molecule has 1 aliphatic carbocycles. The molecule has 0 atom stereocenters. The highest BCUT2D eigenvalue weighted by Crippen LogP contribution is 2.27. The Kier molecular flexibility index (Phi) is 3.53. The first kappa shape index (κ1) is 12.3. The van der Waals surface area contributed by atoms with E-state index in [1.165, 1.54) is 32.1 Å². The average Bonchev–Trinajstić information content (AvgIpc) is 3.06. The fourth-order valence-electron chi connectivity index (χ4n) is 2.71. The Morgan fingerprint density at radius 2 is 2.00 bits per heavy atom. The summed E-state index contributed by atoms with van der Waals surface area (Å²) in [6, 6.07) is 4.68. The van der Waals surface area contributed by atoms with Crippen molar-refractivity contribution in [2.24, 2.45) is 7.05 Å². The zero-order valence-electron chi connectivity index (χ0n) is 11.4. The van der Waals surface area contributed by atoms with Crippen molar-refractivity contribution >= 4 is 5.82 Å². The number of nitrogens with zero attached hydrogens (tertiary/aromatic N) is 4. The van der Waals surface area contributed by atoms with Gasteiger partial charge in [-0.05, 0) is 18.9 Å². The summed E-state index contributed by atoms with van der Waals surface area (Å²) in [5.41, 5.74) is 1.08. The lowest BCUT2D eigenvalue weighted by Gasteiger charge is -2.21. The van der Waals surface area contributed by atoms with E-state index in [1.54, 1.807) is 4.68 Å². The molecule has 0 amide bonds. The molecule has 5 nitrogen and oxygen atoms in total. The van der Waals surface area contributed by atoms with Crippen LogP contribution in [-0.4, -0.2) is 19.6 Å². The first-order chi connectivity index (χ1) is 9.31. The van der Waals surface area contributed by atoms with Crippen molar-refractivity contribution in [3.05, 3.63) is 30.2 Å². The summed E-state index contributed by atoms with van der Waals surface area (Å²) in [5.74, 6) is 0.898. The maximum absolute atomic E-state index is 4.68. The molecule has 0 spiro atoms. The van der Waals surface area contributed by atoms with E-state index in [1.807, 2.05) is 19.3 Å². The van der Waals surface area contributed by atoms with Crippen LogP contribution in [0.3, 0.4) is 0 Å². The molecular weight excluding hydrogens is 238 g/mol. The third kappa shape index (κ3) is 2.97. The van der Waals surface area contributed by atoms with Gasteiger partial charge < -0.3 is 5.32 Å². The standard InChI is InChI=1S/C14H21N5/c1-18-9-8-14(17-18)15-11-12-7-10-19(16-12)13-5-3-2-4-6-13/h7-10,13H,2-6,11H2,1H3,(H,15,17). The van der Waals surface area contributed by atoms with Crippen molar-refractivity contribution < 1.29 is 0 Å². The molecule has 0 bridgehead atoms. The molecule has 0 saturated heterocycles. The van der Waals surface area contributed by atoms with Gasteiger partial charge in [-0.2, -0.15) is 10.2 Å². The van der Waals surface area contributed by atoms with Gasteiger partial charge in [0.05, 0.1) is 18.3 Å². The zero-order valence-corrected chi connectivity index (χ0v) is 11.4. The van der Waals surface area contributed by atoms with E-state index in [9.17, 15) is 0 Å². The summed E-state index contributed by atoms with van der Waals surface area (Å²) in [6.45, 7) is 0.733. The Morgan fingerprint density at radius 1 is 1.16 bits per heavy atom. The molecule has 0 aromatic carbocycles. The van der Waals surface area contributed by atoms with Gasteiger partial charge in [0, 0.05) is 25.5 Å². The molecule has 2 aromatic heterocycles. The largest absolute Gasteiger partial charge is 0.363 e. The van der Waals surface area contributed by atoms with Crippen LogP contribution in [-0.2, 0) is 13.6 Å². The molecule has 0 unspecified atom stereocenters. The van der Waals surface area contributed by atoms with Crippen LogP contribution in [0.25, 0.3) is 0 Å². The molecule has 2 aromatic rings. The quantitative estimate of drug-likeness (QED) is 0.918. The van der Waals surface area contributed by atoms with Gasteiger partial charge in [0.1, 0.15) is 5.82 Å². The molecule has 2 heterocycles. The van der Waals surface area contributed by atoms with Crippen LogP contribution in [0.4, 0.5) is 5.82 Å². The summed E-state index contributed by atoms with van der Waals surface area (Å²) in [6.07, 6.45) is 10.7. The van der Waals surface area contributed by atoms with Gasteiger partial charge >= 0.3 is 0 Å². The molecule has 19 heavy (non-hydrogen) atoms. The predicted molar refractivity (Wildman–Crippen MR) is 74.9 cm³/mol. The third-order valence-corrected chi connectivity index (χ3v) is 3.78. The van der Waals surface area contributed by atoms with Crippen molar-refractivity contribution in [3.63, 3.8) is 0 Å². The number of anilines is 1. The highest BCUT2D eigenvalue weighted by atomic mass is 15.3. The molecular formula is C14H21N5. The highest BCUT2D eigenvalue weighted by molar-refractivity contribution is 5.32. The molecule has 0 radical (unpaired) electrons. The minimum atomic E-state index is 0.609. The molecule has 0 aliphatic heterocycles. The Balaban J connectivity index is 1.58. The van der Waals surface area contributed by atoms with Crippen molar-refractivity contribution in [1.29, 1.82) is 0 Å². The number of hydrogen-bond acceptors (Lipinski definition) is 3. The van der Waals surface area contributed by atoms with E-state index in [4.69, 9.17) is 0 Å². The van der Waals surface area contributed by atoms with E-state index in [0.717, 1.165) is 18.1 Å². The fraction of sp³-hybridized carbons (Fsp3) is 0.571. The average molecular weight is 259 g/mol. The molecule has 5 heteroatoms. The van der Waals surface area contributed by atoms with Gasteiger partial charge in [-0.15, -0.1) is 0 Å². The molecule has 3 rings (SSSR count). The monoisotopic (exact) mass is 259 g/mol. The summed E-state index contributed by atoms with van der Waals surface area (Å²) < 4.78 is 3.94. The lowest BCUT2D eigenvalue weighted by Crippen LogP contribution is -2.13. The van der Waals surface area contributed by atoms with E-state index in [2.05, 4.69) is 32.5 Å². The maximum Gasteiger partial charge on any atom is 0.148 e. The summed E-state index contributed by atoms with van der Waals surface area (Å²) in [7, 11) is 1.92. The lowest BCUT2D eigenvalue weighted by atomic mass is 9.96. The van der Waals surface area contributed by atoms with Crippen LogP contribution in [0, 0.1) is 0 Å². The van der Waals surface area contributed by atoms with E-state index < -0.39 is 0 Å². The molecule has 102 valence electrons. The number of hydrogen-bond donors (Lipinski definition) is 1. The minimum Gasteiger partial charge on any atom is -0.363 e. The van der Waals surface area contributed by atoms with E-state index in [0.29, 0.717) is 6.04 Å². The van der Waals surface area contributed by atoms with Crippen molar-refractivity contribution in [1.82, 2.24) is 19.6 Å². The second kappa shape index (κ2) is 5.47. The van der Waals surface area contributed by atoms with Crippen molar-refractivity contribution in [2.45, 2.75) is 44.7 Å². The topological polar surface area (TPSA) is 47.7 Å². The normalized spacial score (nSPS) is 16.7. The lowest BCUT2D eigenvalue weighted by molar-refractivity contribution is 0.328. The number of rotatable bonds is 4. The zero-order chi connectivity index (χ0) is 13.1. The van der Waals surface area contributed by atoms with Gasteiger partial charge in [0.25, 0.3) is 0 Å². The Hall–Kier alpha value is -1.78. The van der Waals surface area contributed by atoms with Crippen LogP contribution < -0.4 is 5.32 Å². The molecule has 1 fully saturated rings. The highest BCUT2D eigenvalue weighted by Gasteiger charge is 2.15. The fourth-order valence-corrected chi connectivity index (χ4v) is 2.71. The summed E-state index contributed by atoms with van der Waals surface area (Å²) >= 11 is 0. The number of nitrogens with one attached hydrogen (secondary N) is 1. The molecule has 1 N–H and O–H groups in total. The van der Waals surface area contributed by atoms with Gasteiger partial charge in [-0.1, -0.05) is 19.3 Å². The summed E-state index contributed by atoms with van der Waals surface area (Å²) in [5, 5.41) is 12.3. The third-order valence-electron chi connectivity index (χ3n) is 3.78.